The van der Waals surface area contributed by atoms with E-state index in [2.05, 4.69) is 27.7 Å². The van der Waals surface area contributed by atoms with Gasteiger partial charge in [-0.25, -0.2) is 0 Å². The van der Waals surface area contributed by atoms with Crippen LogP contribution < -0.4 is 0 Å². The molecule has 0 nitrogen and oxygen atoms in total. The Kier molecular flexibility index (Phi) is 11.5. The summed E-state index contributed by atoms with van der Waals surface area (Å²) in [6.07, 6.45) is 14.3. The molecule has 0 radical (unpaired) electrons. The van der Waals surface area contributed by atoms with Crippen molar-refractivity contribution < 1.29 is 0 Å². The minimum atomic E-state index is 1.00. The minimum Gasteiger partial charge on any atom is -0.0654 e. The zero-order chi connectivity index (χ0) is 12.2. The number of rotatable bonds is 11. The maximum absolute atomic E-state index is 2.37. The van der Waals surface area contributed by atoms with E-state index in [9.17, 15) is 0 Å². The molecule has 2 atom stereocenters. The van der Waals surface area contributed by atoms with E-state index in [4.69, 9.17) is 0 Å². The van der Waals surface area contributed by atoms with Gasteiger partial charge in [0.05, 0.1) is 0 Å². The molecule has 0 N–H and O–H groups in total. The number of hydrogen-bond donors (Lipinski definition) is 0. The van der Waals surface area contributed by atoms with E-state index in [-0.39, 0.29) is 0 Å². The fraction of sp³-hybridized carbons (Fsp3) is 1.00. The van der Waals surface area contributed by atoms with E-state index < -0.39 is 0 Å². The molecule has 16 heavy (non-hydrogen) atoms. The highest BCUT2D eigenvalue weighted by Gasteiger charge is 2.13. The van der Waals surface area contributed by atoms with Gasteiger partial charge in [0.25, 0.3) is 0 Å². The average molecular weight is 226 g/mol. The van der Waals surface area contributed by atoms with Crippen molar-refractivity contribution in [3.63, 3.8) is 0 Å². The molecule has 0 bridgehead atoms. The van der Waals surface area contributed by atoms with Crippen LogP contribution in [-0.4, -0.2) is 0 Å². The highest BCUT2D eigenvalue weighted by Crippen LogP contribution is 2.27. The first-order chi connectivity index (χ1) is 7.78. The van der Waals surface area contributed by atoms with Crippen LogP contribution in [0.3, 0.4) is 0 Å². The Morgan fingerprint density at radius 2 is 1.25 bits per heavy atom. The molecule has 98 valence electrons. The van der Waals surface area contributed by atoms with E-state index in [1.54, 1.807) is 0 Å². The number of unbranched alkanes of at least 4 members (excludes halogenated alkanes) is 2. The van der Waals surface area contributed by atoms with Gasteiger partial charge in [-0.05, 0) is 18.3 Å². The van der Waals surface area contributed by atoms with Crippen molar-refractivity contribution in [1.82, 2.24) is 0 Å². The topological polar surface area (TPSA) is 0 Å². The molecule has 0 aromatic rings. The fourth-order valence-corrected chi connectivity index (χ4v) is 2.84. The van der Waals surface area contributed by atoms with Gasteiger partial charge in [0.15, 0.2) is 0 Å². The van der Waals surface area contributed by atoms with Crippen LogP contribution in [-0.2, 0) is 0 Å². The lowest BCUT2D eigenvalue weighted by molar-refractivity contribution is 0.304. The van der Waals surface area contributed by atoms with Crippen LogP contribution in [0.5, 0.6) is 0 Å². The van der Waals surface area contributed by atoms with E-state index in [1.807, 2.05) is 0 Å². The van der Waals surface area contributed by atoms with Crippen LogP contribution >= 0.6 is 0 Å². The largest absolute Gasteiger partial charge is 0.0654 e. The highest BCUT2D eigenvalue weighted by atomic mass is 14.2. The van der Waals surface area contributed by atoms with Crippen molar-refractivity contribution in [2.45, 2.75) is 91.9 Å². The Labute approximate surface area is 104 Å². The van der Waals surface area contributed by atoms with Crippen molar-refractivity contribution in [2.75, 3.05) is 0 Å². The average Bonchev–Trinajstić information content (AvgIpc) is 2.29. The van der Waals surface area contributed by atoms with E-state index in [0.717, 1.165) is 11.8 Å². The van der Waals surface area contributed by atoms with Crippen LogP contribution in [0.4, 0.5) is 0 Å². The molecule has 0 amide bonds. The van der Waals surface area contributed by atoms with Crippen LogP contribution in [0.25, 0.3) is 0 Å². The molecule has 0 heteroatoms. The lowest BCUT2D eigenvalue weighted by Gasteiger charge is -2.22. The predicted octanol–water partition coefficient (Wildman–Crippen LogP) is 6.20. The third-order valence-corrected chi connectivity index (χ3v) is 3.85. The maximum Gasteiger partial charge on any atom is -0.0412 e. The molecule has 0 aliphatic heterocycles. The second-order valence-corrected chi connectivity index (χ2v) is 5.45. The molecular formula is C16H34. The van der Waals surface area contributed by atoms with Gasteiger partial charge in [-0.3, -0.25) is 0 Å². The van der Waals surface area contributed by atoms with Crippen LogP contribution in [0.2, 0.25) is 0 Å². The van der Waals surface area contributed by atoms with Gasteiger partial charge >= 0.3 is 0 Å². The molecule has 0 heterocycles. The molecule has 0 aliphatic rings. The molecule has 0 aromatic heterocycles. The zero-order valence-corrected chi connectivity index (χ0v) is 12.2. The molecular weight excluding hydrogens is 192 g/mol. The van der Waals surface area contributed by atoms with Gasteiger partial charge in [0.1, 0.15) is 0 Å². The zero-order valence-electron chi connectivity index (χ0n) is 12.2. The Bertz CT molecular complexity index is 128. The first-order valence-electron chi connectivity index (χ1n) is 7.78. The summed E-state index contributed by atoms with van der Waals surface area (Å²) >= 11 is 0. The summed E-state index contributed by atoms with van der Waals surface area (Å²) < 4.78 is 0. The van der Waals surface area contributed by atoms with Crippen LogP contribution in [0, 0.1) is 11.8 Å². The van der Waals surface area contributed by atoms with Gasteiger partial charge in [-0.15, -0.1) is 0 Å². The van der Waals surface area contributed by atoms with E-state index in [0.29, 0.717) is 0 Å². The summed E-state index contributed by atoms with van der Waals surface area (Å²) in [4.78, 5) is 0. The Morgan fingerprint density at radius 1 is 0.625 bits per heavy atom. The summed E-state index contributed by atoms with van der Waals surface area (Å²) in [6, 6.07) is 0. The SMILES string of the molecule is CCCCCC(CCC)CC(CC)CCC. The summed E-state index contributed by atoms with van der Waals surface area (Å²) in [6.45, 7) is 9.35. The van der Waals surface area contributed by atoms with Crippen molar-refractivity contribution in [3.8, 4) is 0 Å². The Balaban J connectivity index is 3.87. The monoisotopic (exact) mass is 226 g/mol. The smallest absolute Gasteiger partial charge is 0.0412 e. The Hall–Kier alpha value is 0. The number of hydrogen-bond acceptors (Lipinski definition) is 0. The van der Waals surface area contributed by atoms with Gasteiger partial charge < -0.3 is 0 Å². The molecule has 2 unspecified atom stereocenters. The molecule has 0 fully saturated rings. The van der Waals surface area contributed by atoms with Crippen LogP contribution in [0.1, 0.15) is 91.9 Å². The molecule has 0 aliphatic carbocycles. The predicted molar refractivity (Wildman–Crippen MR) is 75.8 cm³/mol. The summed E-state index contributed by atoms with van der Waals surface area (Å²) in [5, 5.41) is 0. The third-order valence-electron chi connectivity index (χ3n) is 3.85. The summed E-state index contributed by atoms with van der Waals surface area (Å²) in [5.74, 6) is 2.02. The summed E-state index contributed by atoms with van der Waals surface area (Å²) in [7, 11) is 0. The van der Waals surface area contributed by atoms with Crippen LogP contribution in [0.15, 0.2) is 0 Å². The molecule has 0 spiro atoms. The van der Waals surface area contributed by atoms with E-state index >= 15 is 0 Å². The van der Waals surface area contributed by atoms with E-state index in [1.165, 1.54) is 64.2 Å². The second-order valence-electron chi connectivity index (χ2n) is 5.45. The van der Waals surface area contributed by atoms with Gasteiger partial charge in [0, 0.05) is 0 Å². The molecule has 0 saturated heterocycles. The molecule has 0 rings (SSSR count). The van der Waals surface area contributed by atoms with Crippen molar-refractivity contribution >= 4 is 0 Å². The Morgan fingerprint density at radius 3 is 1.75 bits per heavy atom. The third kappa shape index (κ3) is 8.19. The minimum absolute atomic E-state index is 1.00. The second kappa shape index (κ2) is 11.5. The molecule has 0 aromatic carbocycles. The van der Waals surface area contributed by atoms with Crippen molar-refractivity contribution in [2.24, 2.45) is 11.8 Å². The lowest BCUT2D eigenvalue weighted by atomic mass is 9.84. The first kappa shape index (κ1) is 16.0. The highest BCUT2D eigenvalue weighted by molar-refractivity contribution is 4.66. The quantitative estimate of drug-likeness (QED) is 0.368. The first-order valence-corrected chi connectivity index (χ1v) is 7.78. The van der Waals surface area contributed by atoms with Gasteiger partial charge in [-0.1, -0.05) is 85.5 Å². The maximum atomic E-state index is 2.37. The van der Waals surface area contributed by atoms with Crippen molar-refractivity contribution in [1.29, 1.82) is 0 Å². The van der Waals surface area contributed by atoms with Gasteiger partial charge in [0.2, 0.25) is 0 Å². The fourth-order valence-electron chi connectivity index (χ4n) is 2.84. The standard InChI is InChI=1S/C16H34/c1-5-9-10-13-16(12-7-3)14-15(8-4)11-6-2/h15-16H,5-14H2,1-4H3. The lowest BCUT2D eigenvalue weighted by Crippen LogP contribution is -2.09. The van der Waals surface area contributed by atoms with Crippen molar-refractivity contribution in [3.05, 3.63) is 0 Å². The molecule has 0 saturated carbocycles. The normalized spacial score (nSPS) is 15.0. The van der Waals surface area contributed by atoms with Gasteiger partial charge in [-0.2, -0.15) is 0 Å². The summed E-state index contributed by atoms with van der Waals surface area (Å²) in [5.41, 5.74) is 0.